The smallest absolute Gasteiger partial charge is 0.156 e. The van der Waals surface area contributed by atoms with E-state index in [1.165, 1.54) is 6.26 Å². The maximum Gasteiger partial charge on any atom is 0.156 e. The van der Waals surface area contributed by atoms with Crippen molar-refractivity contribution in [3.05, 3.63) is 0 Å². The monoisotopic (exact) mass is 222 g/mol. The Morgan fingerprint density at radius 2 is 2.38 bits per heavy atom. The van der Waals surface area contributed by atoms with Crippen LogP contribution in [0, 0.1) is 0 Å². The lowest BCUT2D eigenvalue weighted by Gasteiger charge is -2.12. The average molecular weight is 222 g/mol. The third kappa shape index (κ3) is 4.52. The molecule has 13 heavy (non-hydrogen) atoms. The number of amidine groups is 1. The second kappa shape index (κ2) is 4.32. The Balaban J connectivity index is 2.37. The maximum absolute atomic E-state index is 10.9. The molecule has 0 radical (unpaired) electrons. The first-order valence-corrected chi connectivity index (χ1v) is 7.13. The lowest BCUT2D eigenvalue weighted by Crippen LogP contribution is -2.35. The zero-order valence-electron chi connectivity index (χ0n) is 7.78. The first-order valence-electron chi connectivity index (χ1n) is 4.09. The number of hydrogen-bond donors (Lipinski definition) is 1. The van der Waals surface area contributed by atoms with Gasteiger partial charge in [-0.15, -0.1) is 0 Å². The van der Waals surface area contributed by atoms with Gasteiger partial charge in [0.1, 0.15) is 9.84 Å². The summed E-state index contributed by atoms with van der Waals surface area (Å²) < 4.78 is 21.9. The molecule has 1 heterocycles. The van der Waals surface area contributed by atoms with E-state index in [0.717, 1.165) is 17.5 Å². The Hall–Kier alpha value is -0.230. The zero-order chi connectivity index (χ0) is 9.90. The van der Waals surface area contributed by atoms with E-state index < -0.39 is 9.84 Å². The van der Waals surface area contributed by atoms with Crippen LogP contribution in [0.5, 0.6) is 0 Å². The Morgan fingerprint density at radius 1 is 1.69 bits per heavy atom. The van der Waals surface area contributed by atoms with Gasteiger partial charge in [-0.05, 0) is 6.92 Å². The largest absolute Gasteiger partial charge is 0.361 e. The maximum atomic E-state index is 10.9. The van der Waals surface area contributed by atoms with E-state index in [4.69, 9.17) is 0 Å². The minimum absolute atomic E-state index is 0.0562. The standard InChI is InChI=1S/C7H14N2O2S2/c1-6(5-13(2,10)11)9-7-8-3-4-12-7/h6H,3-5H2,1-2H3,(H,8,9). The number of nitrogens with one attached hydrogen (secondary N) is 1. The number of aliphatic imine (C=N–C) groups is 1. The predicted molar refractivity (Wildman–Crippen MR) is 57.1 cm³/mol. The second-order valence-electron chi connectivity index (χ2n) is 3.17. The van der Waals surface area contributed by atoms with Gasteiger partial charge in [0, 0.05) is 18.1 Å². The Bertz CT molecular complexity index is 298. The van der Waals surface area contributed by atoms with Crippen LogP contribution in [0.4, 0.5) is 0 Å². The summed E-state index contributed by atoms with van der Waals surface area (Å²) in [4.78, 5) is 4.18. The molecule has 0 bridgehead atoms. The highest BCUT2D eigenvalue weighted by Gasteiger charge is 2.14. The molecule has 0 aromatic carbocycles. The van der Waals surface area contributed by atoms with E-state index in [2.05, 4.69) is 10.3 Å². The molecule has 0 saturated heterocycles. The highest BCUT2D eigenvalue weighted by atomic mass is 32.2. The molecule has 76 valence electrons. The van der Waals surface area contributed by atoms with Crippen molar-refractivity contribution in [2.24, 2.45) is 4.99 Å². The number of rotatable bonds is 3. The summed E-state index contributed by atoms with van der Waals surface area (Å²) in [6, 6.07) is -0.0562. The minimum Gasteiger partial charge on any atom is -0.361 e. The number of nitrogens with zero attached hydrogens (tertiary/aromatic N) is 1. The van der Waals surface area contributed by atoms with Gasteiger partial charge >= 0.3 is 0 Å². The molecule has 0 saturated carbocycles. The van der Waals surface area contributed by atoms with Gasteiger partial charge in [-0.25, -0.2) is 8.42 Å². The van der Waals surface area contributed by atoms with Gasteiger partial charge in [-0.2, -0.15) is 0 Å². The van der Waals surface area contributed by atoms with Crippen LogP contribution in [0.1, 0.15) is 6.92 Å². The summed E-state index contributed by atoms with van der Waals surface area (Å²) in [5.74, 6) is 1.15. The van der Waals surface area contributed by atoms with Crippen molar-refractivity contribution < 1.29 is 8.42 Å². The van der Waals surface area contributed by atoms with Gasteiger partial charge in [-0.3, -0.25) is 4.99 Å². The Kier molecular flexibility index (Phi) is 3.61. The first-order chi connectivity index (χ1) is 5.97. The molecule has 0 aliphatic carbocycles. The second-order valence-corrected chi connectivity index (χ2v) is 6.44. The van der Waals surface area contributed by atoms with Crippen LogP contribution < -0.4 is 5.32 Å². The van der Waals surface area contributed by atoms with Crippen molar-refractivity contribution in [2.75, 3.05) is 24.3 Å². The van der Waals surface area contributed by atoms with Crippen LogP contribution in [0.25, 0.3) is 0 Å². The zero-order valence-corrected chi connectivity index (χ0v) is 9.41. The summed E-state index contributed by atoms with van der Waals surface area (Å²) in [7, 11) is -2.89. The molecule has 1 rings (SSSR count). The molecule has 1 aliphatic heterocycles. The van der Waals surface area contributed by atoms with Crippen LogP contribution >= 0.6 is 11.8 Å². The number of sulfone groups is 1. The molecule has 1 N–H and O–H groups in total. The SMILES string of the molecule is CC(CS(C)(=O)=O)NC1=NCCS1. The third-order valence-electron chi connectivity index (χ3n) is 1.51. The first kappa shape index (κ1) is 10.8. The highest BCUT2D eigenvalue weighted by molar-refractivity contribution is 8.14. The van der Waals surface area contributed by atoms with Crippen LogP contribution in [0.3, 0.4) is 0 Å². The molecule has 0 aromatic rings. The lowest BCUT2D eigenvalue weighted by atomic mass is 10.4. The molecule has 0 amide bonds. The van der Waals surface area contributed by atoms with E-state index in [1.54, 1.807) is 11.8 Å². The Morgan fingerprint density at radius 3 is 2.85 bits per heavy atom. The van der Waals surface area contributed by atoms with E-state index in [1.807, 2.05) is 6.92 Å². The Labute approximate surface area is 83.1 Å². The van der Waals surface area contributed by atoms with Gasteiger partial charge < -0.3 is 5.32 Å². The quantitative estimate of drug-likeness (QED) is 0.736. The van der Waals surface area contributed by atoms with E-state index in [0.29, 0.717) is 0 Å². The highest BCUT2D eigenvalue weighted by Crippen LogP contribution is 2.09. The summed E-state index contributed by atoms with van der Waals surface area (Å²) >= 11 is 1.64. The average Bonchev–Trinajstić information content (AvgIpc) is 2.34. The van der Waals surface area contributed by atoms with Crippen LogP contribution in [0.15, 0.2) is 4.99 Å². The molecule has 1 atom stereocenters. The molecule has 0 spiro atoms. The van der Waals surface area contributed by atoms with Crippen molar-refractivity contribution >= 4 is 26.8 Å². The molecular weight excluding hydrogens is 208 g/mol. The van der Waals surface area contributed by atoms with E-state index in [9.17, 15) is 8.42 Å². The molecule has 6 heteroatoms. The normalized spacial score (nSPS) is 19.7. The van der Waals surface area contributed by atoms with Crippen molar-refractivity contribution in [2.45, 2.75) is 13.0 Å². The molecule has 4 nitrogen and oxygen atoms in total. The van der Waals surface area contributed by atoms with Gasteiger partial charge in [0.05, 0.1) is 12.3 Å². The van der Waals surface area contributed by atoms with Gasteiger partial charge in [-0.1, -0.05) is 11.8 Å². The fraction of sp³-hybridized carbons (Fsp3) is 0.857. The van der Waals surface area contributed by atoms with E-state index in [-0.39, 0.29) is 11.8 Å². The van der Waals surface area contributed by atoms with E-state index >= 15 is 0 Å². The number of hydrogen-bond acceptors (Lipinski definition) is 5. The lowest BCUT2D eigenvalue weighted by molar-refractivity contribution is 0.591. The molecule has 1 aliphatic rings. The van der Waals surface area contributed by atoms with Gasteiger partial charge in [0.2, 0.25) is 0 Å². The fourth-order valence-electron chi connectivity index (χ4n) is 1.13. The molecule has 0 fully saturated rings. The number of thioether (sulfide) groups is 1. The van der Waals surface area contributed by atoms with Crippen LogP contribution in [-0.2, 0) is 9.84 Å². The summed E-state index contributed by atoms with van der Waals surface area (Å²) in [5, 5.41) is 3.94. The van der Waals surface area contributed by atoms with Crippen molar-refractivity contribution in [1.29, 1.82) is 0 Å². The summed E-state index contributed by atoms with van der Waals surface area (Å²) in [6.07, 6.45) is 1.24. The van der Waals surface area contributed by atoms with Crippen LogP contribution in [-0.4, -0.2) is 43.9 Å². The predicted octanol–water partition coefficient (Wildman–Crippen LogP) is 0.112. The van der Waals surface area contributed by atoms with Crippen molar-refractivity contribution in [3.8, 4) is 0 Å². The van der Waals surface area contributed by atoms with Crippen molar-refractivity contribution in [3.63, 3.8) is 0 Å². The van der Waals surface area contributed by atoms with Gasteiger partial charge in [0.15, 0.2) is 5.17 Å². The topological polar surface area (TPSA) is 58.5 Å². The molecule has 1 unspecified atom stereocenters. The van der Waals surface area contributed by atoms with Crippen LogP contribution in [0.2, 0.25) is 0 Å². The molecule has 0 aromatic heterocycles. The van der Waals surface area contributed by atoms with Gasteiger partial charge in [0.25, 0.3) is 0 Å². The minimum atomic E-state index is -2.89. The summed E-state index contributed by atoms with van der Waals surface area (Å²) in [5.41, 5.74) is 0. The molecular formula is C7H14N2O2S2. The summed E-state index contributed by atoms with van der Waals surface area (Å²) in [6.45, 7) is 2.68. The van der Waals surface area contributed by atoms with Crippen molar-refractivity contribution in [1.82, 2.24) is 5.32 Å². The fourth-order valence-corrected chi connectivity index (χ4v) is 2.96. The third-order valence-corrected chi connectivity index (χ3v) is 3.52.